The summed E-state index contributed by atoms with van der Waals surface area (Å²) in [5, 5.41) is 40.1. The van der Waals surface area contributed by atoms with Gasteiger partial charge < -0.3 is 39.4 Å². The minimum Gasteiger partial charge on any atom is -0.462 e. The highest BCUT2D eigenvalue weighted by Crippen LogP contribution is 2.23. The molecule has 0 aromatic rings. The highest BCUT2D eigenvalue weighted by atomic mass is 16.7. The van der Waals surface area contributed by atoms with E-state index in [1.165, 1.54) is 103 Å². The molecule has 0 amide bonds. The van der Waals surface area contributed by atoms with E-state index in [0.29, 0.717) is 6.42 Å². The van der Waals surface area contributed by atoms with Gasteiger partial charge in [0.2, 0.25) is 0 Å². The SMILES string of the molecule is CC/C=C\C/C=C\C/C=C\CCCCCC(=O)OC(COC(=O)CCCCCCCCCCCCCCCCCCCCC)COC1OC(CO)C(O)C(O)C1O. The number of carbonyl (C=O) groups excluding carboxylic acids is 2. The van der Waals surface area contributed by atoms with Gasteiger partial charge in [-0.2, -0.15) is 0 Å². The van der Waals surface area contributed by atoms with Crippen LogP contribution >= 0.6 is 0 Å². The Morgan fingerprint density at radius 3 is 1.56 bits per heavy atom. The van der Waals surface area contributed by atoms with Gasteiger partial charge >= 0.3 is 11.9 Å². The lowest BCUT2D eigenvalue weighted by atomic mass is 9.99. The predicted octanol–water partition coefficient (Wildman–Crippen LogP) is 9.89. The van der Waals surface area contributed by atoms with E-state index in [2.05, 4.69) is 50.3 Å². The Morgan fingerprint density at radius 2 is 1.04 bits per heavy atom. The summed E-state index contributed by atoms with van der Waals surface area (Å²) in [6, 6.07) is 0. The molecule has 0 radical (unpaired) electrons. The van der Waals surface area contributed by atoms with Crippen molar-refractivity contribution in [3.8, 4) is 0 Å². The highest BCUT2D eigenvalue weighted by Gasteiger charge is 2.44. The van der Waals surface area contributed by atoms with Crippen molar-refractivity contribution in [3.05, 3.63) is 36.5 Å². The second kappa shape index (κ2) is 38.1. The maximum atomic E-state index is 12.7. The lowest BCUT2D eigenvalue weighted by molar-refractivity contribution is -0.305. The van der Waals surface area contributed by atoms with Crippen LogP contribution in [0, 0.1) is 0 Å². The molecular weight excluding hydrogens is 725 g/mol. The summed E-state index contributed by atoms with van der Waals surface area (Å²) in [7, 11) is 0. The first-order valence-electron chi connectivity index (χ1n) is 23.1. The molecule has 10 nitrogen and oxygen atoms in total. The summed E-state index contributed by atoms with van der Waals surface area (Å²) < 4.78 is 22.1. The fraction of sp³-hybridized carbons (Fsp3) is 0.830. The average molecular weight is 809 g/mol. The van der Waals surface area contributed by atoms with Crippen LogP contribution in [0.4, 0.5) is 0 Å². The molecule has 0 saturated carbocycles. The van der Waals surface area contributed by atoms with E-state index in [-0.39, 0.29) is 32.0 Å². The Hall–Kier alpha value is -2.08. The van der Waals surface area contributed by atoms with Crippen molar-refractivity contribution in [3.63, 3.8) is 0 Å². The van der Waals surface area contributed by atoms with Crippen LogP contribution in [-0.2, 0) is 28.5 Å². The zero-order valence-electron chi connectivity index (χ0n) is 36.1. The van der Waals surface area contributed by atoms with Crippen LogP contribution < -0.4 is 0 Å². The molecule has 1 aliphatic heterocycles. The Balaban J connectivity index is 2.29. The zero-order chi connectivity index (χ0) is 41.6. The van der Waals surface area contributed by atoms with Gasteiger partial charge in [0.15, 0.2) is 12.4 Å². The second-order valence-electron chi connectivity index (χ2n) is 15.8. The fourth-order valence-electron chi connectivity index (χ4n) is 6.91. The van der Waals surface area contributed by atoms with Crippen LogP contribution in [-0.4, -0.2) is 89.0 Å². The van der Waals surface area contributed by atoms with Gasteiger partial charge in [-0.3, -0.25) is 9.59 Å². The molecule has 6 unspecified atom stereocenters. The molecule has 1 heterocycles. The van der Waals surface area contributed by atoms with E-state index in [9.17, 15) is 30.0 Å². The van der Waals surface area contributed by atoms with Gasteiger partial charge in [0, 0.05) is 12.8 Å². The molecule has 10 heteroatoms. The number of aliphatic hydroxyl groups excluding tert-OH is 4. The van der Waals surface area contributed by atoms with Crippen molar-refractivity contribution in [1.29, 1.82) is 0 Å². The summed E-state index contributed by atoms with van der Waals surface area (Å²) in [4.78, 5) is 25.3. The van der Waals surface area contributed by atoms with Crippen molar-refractivity contribution >= 4 is 11.9 Å². The number of unbranched alkanes of at least 4 members (excludes halogenated alkanes) is 21. The van der Waals surface area contributed by atoms with Crippen LogP contribution in [0.25, 0.3) is 0 Å². The topological polar surface area (TPSA) is 152 Å². The number of aliphatic hydroxyl groups is 4. The third-order valence-corrected chi connectivity index (χ3v) is 10.5. The summed E-state index contributed by atoms with van der Waals surface area (Å²) >= 11 is 0. The molecule has 332 valence electrons. The fourth-order valence-corrected chi connectivity index (χ4v) is 6.91. The molecule has 0 spiro atoms. The molecule has 1 aliphatic rings. The van der Waals surface area contributed by atoms with Gasteiger partial charge in [-0.15, -0.1) is 0 Å². The Labute approximate surface area is 346 Å². The van der Waals surface area contributed by atoms with Gasteiger partial charge in [-0.05, 0) is 44.9 Å². The maximum absolute atomic E-state index is 12.7. The molecular formula is C47H84O10. The molecule has 0 aromatic carbocycles. The van der Waals surface area contributed by atoms with Crippen molar-refractivity contribution in [2.45, 2.75) is 230 Å². The van der Waals surface area contributed by atoms with E-state index in [1.807, 2.05) is 0 Å². The van der Waals surface area contributed by atoms with Crippen LogP contribution in [0.15, 0.2) is 36.5 Å². The molecule has 4 N–H and O–H groups in total. The minimum atomic E-state index is -1.60. The van der Waals surface area contributed by atoms with Crippen molar-refractivity contribution in [2.75, 3.05) is 19.8 Å². The molecule has 6 atom stereocenters. The summed E-state index contributed by atoms with van der Waals surface area (Å²) in [6.07, 6.45) is 35.9. The van der Waals surface area contributed by atoms with Gasteiger partial charge in [0.1, 0.15) is 31.0 Å². The van der Waals surface area contributed by atoms with Crippen molar-refractivity contribution in [1.82, 2.24) is 0 Å². The quantitative estimate of drug-likeness (QED) is 0.0270. The molecule has 0 aromatic heterocycles. The summed E-state index contributed by atoms with van der Waals surface area (Å²) in [5.41, 5.74) is 0. The summed E-state index contributed by atoms with van der Waals surface area (Å²) in [6.45, 7) is 3.29. The lowest BCUT2D eigenvalue weighted by Gasteiger charge is -2.39. The van der Waals surface area contributed by atoms with Crippen LogP contribution in [0.1, 0.15) is 194 Å². The largest absolute Gasteiger partial charge is 0.462 e. The Bertz CT molecular complexity index is 1030. The Kier molecular flexibility index (Phi) is 35.4. The van der Waals surface area contributed by atoms with E-state index in [0.717, 1.165) is 57.8 Å². The van der Waals surface area contributed by atoms with Gasteiger partial charge in [-0.1, -0.05) is 172 Å². The molecule has 1 fully saturated rings. The first kappa shape index (κ1) is 52.9. The number of allylic oxidation sites excluding steroid dienone is 6. The first-order valence-corrected chi connectivity index (χ1v) is 23.1. The third-order valence-electron chi connectivity index (χ3n) is 10.5. The number of esters is 2. The van der Waals surface area contributed by atoms with Crippen LogP contribution in [0.3, 0.4) is 0 Å². The monoisotopic (exact) mass is 809 g/mol. The van der Waals surface area contributed by atoms with E-state index in [1.54, 1.807) is 0 Å². The van der Waals surface area contributed by atoms with E-state index in [4.69, 9.17) is 18.9 Å². The number of hydrogen-bond acceptors (Lipinski definition) is 10. The minimum absolute atomic E-state index is 0.196. The number of rotatable bonds is 38. The van der Waals surface area contributed by atoms with Gasteiger partial charge in [0.05, 0.1) is 13.2 Å². The maximum Gasteiger partial charge on any atom is 0.306 e. The number of hydrogen-bond donors (Lipinski definition) is 4. The Morgan fingerprint density at radius 1 is 0.561 bits per heavy atom. The number of carbonyl (C=O) groups is 2. The lowest BCUT2D eigenvalue weighted by Crippen LogP contribution is -2.59. The van der Waals surface area contributed by atoms with Gasteiger partial charge in [-0.25, -0.2) is 0 Å². The van der Waals surface area contributed by atoms with Crippen molar-refractivity contribution < 1.29 is 49.0 Å². The molecule has 0 bridgehead atoms. The smallest absolute Gasteiger partial charge is 0.306 e. The zero-order valence-corrected chi connectivity index (χ0v) is 36.1. The standard InChI is InChI=1S/C47H84O10/c1-3-5-7-9-11-13-15-17-18-19-20-21-22-24-25-27-29-31-33-35-42(49)54-38-40(39-55-47-46(53)45(52)44(51)41(37-48)57-47)56-43(50)36-34-32-30-28-26-23-16-14-12-10-8-6-4-2/h6,8,12,14,23,26,40-41,44-48,51-53H,3-5,7,9-11,13,15-22,24-25,27-39H2,1-2H3/b8-6-,14-12-,26-23-. The van der Waals surface area contributed by atoms with Crippen LogP contribution in [0.2, 0.25) is 0 Å². The molecule has 1 rings (SSSR count). The molecule has 0 aliphatic carbocycles. The first-order chi connectivity index (χ1) is 27.8. The third kappa shape index (κ3) is 29.7. The summed E-state index contributed by atoms with van der Waals surface area (Å²) in [5.74, 6) is -0.835. The molecule has 57 heavy (non-hydrogen) atoms. The van der Waals surface area contributed by atoms with Gasteiger partial charge in [0.25, 0.3) is 0 Å². The molecule has 1 saturated heterocycles. The normalized spacial score (nSPS) is 20.6. The highest BCUT2D eigenvalue weighted by molar-refractivity contribution is 5.70. The predicted molar refractivity (Wildman–Crippen MR) is 229 cm³/mol. The van der Waals surface area contributed by atoms with Crippen molar-refractivity contribution in [2.24, 2.45) is 0 Å². The number of ether oxygens (including phenoxy) is 4. The average Bonchev–Trinajstić information content (AvgIpc) is 3.21. The van der Waals surface area contributed by atoms with E-state index < -0.39 is 49.4 Å². The second-order valence-corrected chi connectivity index (χ2v) is 15.8. The van der Waals surface area contributed by atoms with Crippen LogP contribution in [0.5, 0.6) is 0 Å². The van der Waals surface area contributed by atoms with E-state index >= 15 is 0 Å².